The summed E-state index contributed by atoms with van der Waals surface area (Å²) >= 11 is 0. The topological polar surface area (TPSA) is 42.2 Å². The van der Waals surface area contributed by atoms with Gasteiger partial charge in [0.2, 0.25) is 0 Å². The molecule has 0 aliphatic heterocycles. The molecule has 3 heteroatoms. The van der Waals surface area contributed by atoms with Gasteiger partial charge >= 0.3 is 5.97 Å². The first-order chi connectivity index (χ1) is 8.56. The van der Waals surface area contributed by atoms with E-state index in [4.69, 9.17) is 0 Å². The number of benzene rings is 1. The van der Waals surface area contributed by atoms with Crippen LogP contribution in [0.5, 0.6) is 0 Å². The Morgan fingerprint density at radius 1 is 1.28 bits per heavy atom. The number of fused-ring (bicyclic) bond motifs is 1. The quantitative estimate of drug-likeness (QED) is 0.895. The fraction of sp³-hybridized carbons (Fsp3) is 0.400. The summed E-state index contributed by atoms with van der Waals surface area (Å²) in [7, 11) is 0. The maximum atomic E-state index is 11.7. The molecule has 1 N–H and O–H groups in total. The number of aromatic nitrogens is 1. The molecular formula is C15H19NO2. The van der Waals surface area contributed by atoms with Crippen LogP contribution in [0.3, 0.4) is 0 Å². The monoisotopic (exact) mass is 245 g/mol. The number of nitrogens with zero attached hydrogens (tertiary/aromatic N) is 1. The summed E-state index contributed by atoms with van der Waals surface area (Å²) in [5.41, 5.74) is 1.34. The van der Waals surface area contributed by atoms with Crippen molar-refractivity contribution < 1.29 is 9.90 Å². The minimum absolute atomic E-state index is 0.580. The van der Waals surface area contributed by atoms with Gasteiger partial charge in [-0.3, -0.25) is 0 Å². The van der Waals surface area contributed by atoms with E-state index >= 15 is 0 Å². The maximum Gasteiger partial charge on any atom is 0.329 e. The van der Waals surface area contributed by atoms with E-state index in [-0.39, 0.29) is 0 Å². The second-order valence-corrected chi connectivity index (χ2v) is 4.74. The molecule has 0 aliphatic carbocycles. The van der Waals surface area contributed by atoms with Crippen molar-refractivity contribution in [2.75, 3.05) is 0 Å². The Morgan fingerprint density at radius 2 is 1.94 bits per heavy atom. The Labute approximate surface area is 107 Å². The highest BCUT2D eigenvalue weighted by molar-refractivity contribution is 5.87. The third-order valence-corrected chi connectivity index (χ3v) is 3.98. The molecule has 0 saturated carbocycles. The smallest absolute Gasteiger partial charge is 0.329 e. The molecule has 0 saturated heterocycles. The zero-order chi connectivity index (χ0) is 13.3. The van der Waals surface area contributed by atoms with E-state index in [2.05, 4.69) is 0 Å². The standard InChI is InChI=1S/C15H19NO2/c1-4-15(5-2,14(17)18)16-10-9-12-11(3)7-6-8-13(12)16/h6-10H,4-5H2,1-3H3,(H,17,18). The van der Waals surface area contributed by atoms with E-state index < -0.39 is 11.5 Å². The Bertz CT molecular complexity index is 579. The van der Waals surface area contributed by atoms with Gasteiger partial charge in [-0.15, -0.1) is 0 Å². The molecule has 0 amide bonds. The Morgan fingerprint density at radius 3 is 2.50 bits per heavy atom. The van der Waals surface area contributed by atoms with Crippen LogP contribution < -0.4 is 0 Å². The summed E-state index contributed by atoms with van der Waals surface area (Å²) in [5, 5.41) is 10.7. The number of aryl methyl sites for hydroxylation is 1. The van der Waals surface area contributed by atoms with E-state index in [1.54, 1.807) is 0 Å². The largest absolute Gasteiger partial charge is 0.479 e. The Kier molecular flexibility index (Phi) is 3.16. The lowest BCUT2D eigenvalue weighted by molar-refractivity contribution is -0.147. The van der Waals surface area contributed by atoms with Gasteiger partial charge < -0.3 is 9.67 Å². The van der Waals surface area contributed by atoms with Gasteiger partial charge in [0.05, 0.1) is 0 Å². The van der Waals surface area contributed by atoms with Crippen molar-refractivity contribution in [3.05, 3.63) is 36.0 Å². The molecule has 0 bridgehead atoms. The summed E-state index contributed by atoms with van der Waals surface area (Å²) < 4.78 is 1.91. The molecular weight excluding hydrogens is 226 g/mol. The molecule has 0 aliphatic rings. The lowest BCUT2D eigenvalue weighted by atomic mass is 9.92. The van der Waals surface area contributed by atoms with Crippen LogP contribution in [0.2, 0.25) is 0 Å². The number of carboxylic acids is 1. The van der Waals surface area contributed by atoms with Crippen LogP contribution in [0.25, 0.3) is 10.9 Å². The van der Waals surface area contributed by atoms with Gasteiger partial charge in [-0.05, 0) is 37.5 Å². The highest BCUT2D eigenvalue weighted by atomic mass is 16.4. The van der Waals surface area contributed by atoms with Crippen molar-refractivity contribution in [1.82, 2.24) is 4.57 Å². The molecule has 0 spiro atoms. The first kappa shape index (κ1) is 12.7. The van der Waals surface area contributed by atoms with Crippen molar-refractivity contribution in [3.8, 4) is 0 Å². The molecule has 0 atom stereocenters. The summed E-state index contributed by atoms with van der Waals surface area (Å²) in [4.78, 5) is 11.7. The fourth-order valence-corrected chi connectivity index (χ4v) is 2.69. The molecule has 0 unspecified atom stereocenters. The predicted octanol–water partition coefficient (Wildman–Crippen LogP) is 3.55. The van der Waals surface area contributed by atoms with Crippen LogP contribution in [0.15, 0.2) is 30.5 Å². The first-order valence-electron chi connectivity index (χ1n) is 6.37. The normalized spacial score (nSPS) is 11.9. The van der Waals surface area contributed by atoms with Crippen LogP contribution >= 0.6 is 0 Å². The second kappa shape index (κ2) is 4.48. The van der Waals surface area contributed by atoms with E-state index in [0.717, 1.165) is 10.9 Å². The van der Waals surface area contributed by atoms with E-state index in [1.165, 1.54) is 5.56 Å². The highest BCUT2D eigenvalue weighted by Gasteiger charge is 2.37. The third-order valence-electron chi connectivity index (χ3n) is 3.98. The molecule has 96 valence electrons. The molecule has 1 aromatic carbocycles. The average molecular weight is 245 g/mol. The van der Waals surface area contributed by atoms with Gasteiger partial charge in [0.1, 0.15) is 5.54 Å². The Balaban J connectivity index is 2.73. The minimum atomic E-state index is -0.838. The van der Waals surface area contributed by atoms with Crippen molar-refractivity contribution in [2.45, 2.75) is 39.2 Å². The van der Waals surface area contributed by atoms with Gasteiger partial charge in [-0.2, -0.15) is 0 Å². The van der Waals surface area contributed by atoms with Gasteiger partial charge in [0.25, 0.3) is 0 Å². The highest BCUT2D eigenvalue weighted by Crippen LogP contribution is 2.31. The molecule has 1 heterocycles. The number of carbonyl (C=O) groups is 1. The minimum Gasteiger partial charge on any atom is -0.479 e. The van der Waals surface area contributed by atoms with Crippen LogP contribution in [0, 0.1) is 6.92 Å². The molecule has 3 nitrogen and oxygen atoms in total. The van der Waals surface area contributed by atoms with Gasteiger partial charge in [0.15, 0.2) is 0 Å². The SMILES string of the molecule is CCC(CC)(C(=O)O)n1ccc2c(C)cccc21. The van der Waals surface area contributed by atoms with Gasteiger partial charge in [-0.25, -0.2) is 4.79 Å². The number of rotatable bonds is 4. The van der Waals surface area contributed by atoms with Crippen LogP contribution in [0.4, 0.5) is 0 Å². The Hall–Kier alpha value is -1.77. The summed E-state index contributed by atoms with van der Waals surface area (Å²) in [6.07, 6.45) is 3.06. The number of carboxylic acid groups (broad SMARTS) is 1. The molecule has 18 heavy (non-hydrogen) atoms. The van der Waals surface area contributed by atoms with Crippen molar-refractivity contribution in [3.63, 3.8) is 0 Å². The van der Waals surface area contributed by atoms with Crippen molar-refractivity contribution >= 4 is 16.9 Å². The second-order valence-electron chi connectivity index (χ2n) is 4.74. The number of aliphatic carboxylic acids is 1. The van der Waals surface area contributed by atoms with E-state index in [1.807, 2.05) is 55.8 Å². The number of hydrogen-bond donors (Lipinski definition) is 1. The summed E-state index contributed by atoms with van der Waals surface area (Å²) in [5.74, 6) is -0.758. The summed E-state index contributed by atoms with van der Waals surface area (Å²) in [6.45, 7) is 5.91. The zero-order valence-electron chi connectivity index (χ0n) is 11.1. The lowest BCUT2D eigenvalue weighted by Crippen LogP contribution is -2.40. The molecule has 2 rings (SSSR count). The van der Waals surface area contributed by atoms with Crippen LogP contribution in [-0.4, -0.2) is 15.6 Å². The van der Waals surface area contributed by atoms with Crippen molar-refractivity contribution in [1.29, 1.82) is 0 Å². The molecule has 1 aromatic heterocycles. The average Bonchev–Trinajstić information content (AvgIpc) is 2.77. The van der Waals surface area contributed by atoms with Gasteiger partial charge in [0, 0.05) is 17.1 Å². The zero-order valence-corrected chi connectivity index (χ0v) is 11.1. The first-order valence-corrected chi connectivity index (χ1v) is 6.37. The van der Waals surface area contributed by atoms with Crippen molar-refractivity contribution in [2.24, 2.45) is 0 Å². The summed E-state index contributed by atoms with van der Waals surface area (Å²) in [6, 6.07) is 8.03. The predicted molar refractivity (Wildman–Crippen MR) is 72.9 cm³/mol. The number of hydrogen-bond acceptors (Lipinski definition) is 1. The lowest BCUT2D eigenvalue weighted by Gasteiger charge is -2.30. The van der Waals surface area contributed by atoms with Crippen LogP contribution in [0.1, 0.15) is 32.3 Å². The third kappa shape index (κ3) is 1.62. The molecule has 2 aromatic rings. The molecule has 0 fully saturated rings. The molecule has 0 radical (unpaired) electrons. The van der Waals surface area contributed by atoms with E-state index in [9.17, 15) is 9.90 Å². The van der Waals surface area contributed by atoms with Gasteiger partial charge in [-0.1, -0.05) is 26.0 Å². The van der Waals surface area contributed by atoms with E-state index in [0.29, 0.717) is 12.8 Å². The maximum absolute atomic E-state index is 11.7. The van der Waals surface area contributed by atoms with Crippen LogP contribution in [-0.2, 0) is 10.3 Å². The fourth-order valence-electron chi connectivity index (χ4n) is 2.69.